The maximum absolute atomic E-state index is 5.80. The molecule has 0 aliphatic carbocycles. The van der Waals surface area contributed by atoms with Crippen LogP contribution in [0.25, 0.3) is 0 Å². The molecule has 1 aromatic rings. The fraction of sp³-hybridized carbons (Fsp3) is 0.444. The van der Waals surface area contributed by atoms with Crippen molar-refractivity contribution in [1.82, 2.24) is 4.98 Å². The summed E-state index contributed by atoms with van der Waals surface area (Å²) in [7, 11) is 0. The van der Waals surface area contributed by atoms with E-state index in [0.29, 0.717) is 5.75 Å². The van der Waals surface area contributed by atoms with Gasteiger partial charge in [-0.3, -0.25) is 4.98 Å². The minimum atomic E-state index is -0.299. The average molecular weight is 305 g/mol. The third-order valence-corrected chi connectivity index (χ3v) is 1.60. The summed E-state index contributed by atoms with van der Waals surface area (Å²) in [6, 6.07) is 4.29. The molecule has 14 heavy (non-hydrogen) atoms. The van der Waals surface area contributed by atoms with E-state index in [2.05, 4.69) is 11.1 Å². The molecule has 0 radical (unpaired) electrons. The molecule has 5 heteroatoms. The molecule has 2 nitrogen and oxygen atoms in total. The van der Waals surface area contributed by atoms with Crippen LogP contribution in [0, 0.1) is 6.07 Å². The quantitative estimate of drug-likeness (QED) is 0.552. The first kappa shape index (κ1) is 15.3. The van der Waals surface area contributed by atoms with E-state index < -0.39 is 0 Å². The van der Waals surface area contributed by atoms with Gasteiger partial charge in [0.05, 0.1) is 10.8 Å². The molecule has 0 saturated carbocycles. The summed E-state index contributed by atoms with van der Waals surface area (Å²) in [5.74, 6) is 0.499. The predicted octanol–water partition coefficient (Wildman–Crippen LogP) is 0.370. The van der Waals surface area contributed by atoms with Gasteiger partial charge in [0, 0.05) is 10.9 Å². The topological polar surface area (TPSA) is 22.1 Å². The zero-order valence-electron chi connectivity index (χ0n) is 8.69. The Kier molecular flexibility index (Phi) is 6.75. The second kappa shape index (κ2) is 6.16. The van der Waals surface area contributed by atoms with Crippen LogP contribution < -0.4 is 62.9 Å². The van der Waals surface area contributed by atoms with E-state index in [9.17, 15) is 0 Å². The Labute approximate surface area is 143 Å². The van der Waals surface area contributed by atoms with E-state index in [1.807, 2.05) is 20.8 Å². The molecule has 0 amide bonds. The van der Waals surface area contributed by atoms with Crippen molar-refractivity contribution in [2.45, 2.75) is 26.4 Å². The molecular formula is C9H10Cl2NORb. The zero-order valence-corrected chi connectivity index (χ0v) is 15.1. The van der Waals surface area contributed by atoms with Gasteiger partial charge in [-0.15, -0.1) is 0 Å². The van der Waals surface area contributed by atoms with Gasteiger partial charge in [0.2, 0.25) is 0 Å². The van der Waals surface area contributed by atoms with Gasteiger partial charge < -0.3 is 4.74 Å². The number of ether oxygens (including phenoxy) is 1. The van der Waals surface area contributed by atoms with Gasteiger partial charge >= 0.3 is 58.2 Å². The minimum absolute atomic E-state index is 0. The van der Waals surface area contributed by atoms with Crippen molar-refractivity contribution >= 4 is 23.2 Å². The fourth-order valence-electron chi connectivity index (χ4n) is 0.760. The molecule has 0 atom stereocenters. The van der Waals surface area contributed by atoms with Crippen molar-refractivity contribution < 1.29 is 62.9 Å². The summed E-state index contributed by atoms with van der Waals surface area (Å²) in [6.07, 6.45) is 0. The summed E-state index contributed by atoms with van der Waals surface area (Å²) in [5.41, 5.74) is -0.299. The van der Waals surface area contributed by atoms with Gasteiger partial charge in [0.1, 0.15) is 0 Å². The zero-order chi connectivity index (χ0) is 10.1. The molecule has 0 aliphatic rings. The predicted molar refractivity (Wildman–Crippen MR) is 53.5 cm³/mol. The molecule has 1 rings (SSSR count). The summed E-state index contributed by atoms with van der Waals surface area (Å²) in [5, 5.41) is 0.505. The number of nitrogens with zero attached hydrogens (tertiary/aromatic N) is 1. The molecule has 0 spiro atoms. The Balaban J connectivity index is 0.00000169. The third-order valence-electron chi connectivity index (χ3n) is 1.14. The van der Waals surface area contributed by atoms with E-state index in [-0.39, 0.29) is 74.1 Å². The standard InChI is InChI=1S/C9H10Cl2NO.Rb/c1-9(2,3)13-6-4-5-7(10)12-8(6)11;/h4H,1-3H3;/q-1;+1. The number of halogens is 2. The number of pyridine rings is 1. The van der Waals surface area contributed by atoms with Crippen LogP contribution >= 0.6 is 23.2 Å². The molecule has 0 unspecified atom stereocenters. The first-order valence-corrected chi connectivity index (χ1v) is 4.57. The molecule has 0 saturated heterocycles. The van der Waals surface area contributed by atoms with Crippen LogP contribution in [0.5, 0.6) is 5.75 Å². The van der Waals surface area contributed by atoms with E-state index in [0.717, 1.165) is 0 Å². The summed E-state index contributed by atoms with van der Waals surface area (Å²) in [6.45, 7) is 5.79. The smallest absolute Gasteiger partial charge is 0.572 e. The molecular weight excluding hydrogens is 294 g/mol. The normalized spacial score (nSPS) is 10.6. The van der Waals surface area contributed by atoms with Crippen molar-refractivity contribution in [3.63, 3.8) is 0 Å². The monoisotopic (exact) mass is 303 g/mol. The van der Waals surface area contributed by atoms with Crippen LogP contribution in [0.1, 0.15) is 20.8 Å². The number of hydrogen-bond donors (Lipinski definition) is 0. The van der Waals surface area contributed by atoms with E-state index in [1.165, 1.54) is 0 Å². The number of rotatable bonds is 1. The molecule has 0 aromatic carbocycles. The second-order valence-electron chi connectivity index (χ2n) is 3.56. The van der Waals surface area contributed by atoms with Crippen molar-refractivity contribution in [2.24, 2.45) is 0 Å². The van der Waals surface area contributed by atoms with Crippen LogP contribution in [-0.4, -0.2) is 10.6 Å². The summed E-state index contributed by atoms with van der Waals surface area (Å²) < 4.78 is 5.50. The van der Waals surface area contributed by atoms with Gasteiger partial charge in [-0.1, -0.05) is 23.2 Å². The van der Waals surface area contributed by atoms with Crippen molar-refractivity contribution in [2.75, 3.05) is 0 Å². The van der Waals surface area contributed by atoms with Gasteiger partial charge in [-0.2, -0.15) is 6.07 Å². The molecule has 1 heterocycles. The molecule has 0 N–H and O–H groups in total. The van der Waals surface area contributed by atoms with Gasteiger partial charge in [-0.05, 0) is 20.8 Å². The van der Waals surface area contributed by atoms with Crippen LogP contribution in [0.15, 0.2) is 6.07 Å². The van der Waals surface area contributed by atoms with E-state index >= 15 is 0 Å². The molecule has 72 valence electrons. The van der Waals surface area contributed by atoms with Crippen LogP contribution in [0.4, 0.5) is 0 Å². The van der Waals surface area contributed by atoms with E-state index in [4.69, 9.17) is 27.9 Å². The Morgan fingerprint density at radius 2 is 1.93 bits per heavy atom. The van der Waals surface area contributed by atoms with Crippen molar-refractivity contribution in [3.05, 3.63) is 22.4 Å². The van der Waals surface area contributed by atoms with Crippen LogP contribution in [-0.2, 0) is 0 Å². The second-order valence-corrected chi connectivity index (χ2v) is 4.28. The Morgan fingerprint density at radius 1 is 1.36 bits per heavy atom. The van der Waals surface area contributed by atoms with Gasteiger partial charge in [0.15, 0.2) is 0 Å². The van der Waals surface area contributed by atoms with Crippen LogP contribution in [0.2, 0.25) is 10.3 Å². The summed E-state index contributed by atoms with van der Waals surface area (Å²) >= 11 is 11.4. The maximum Gasteiger partial charge on any atom is 1.00 e. The first-order chi connectivity index (χ1) is 5.88. The van der Waals surface area contributed by atoms with Crippen molar-refractivity contribution in [1.29, 1.82) is 0 Å². The molecule has 0 bridgehead atoms. The van der Waals surface area contributed by atoms with Gasteiger partial charge in [-0.25, -0.2) is 6.07 Å². The summed E-state index contributed by atoms with van der Waals surface area (Å²) in [4.78, 5) is 3.81. The number of hydrogen-bond acceptors (Lipinski definition) is 2. The molecule has 1 aromatic heterocycles. The fourth-order valence-corrected chi connectivity index (χ4v) is 1.12. The number of aromatic nitrogens is 1. The van der Waals surface area contributed by atoms with Crippen molar-refractivity contribution in [3.8, 4) is 5.75 Å². The third kappa shape index (κ3) is 5.43. The molecule has 0 aliphatic heterocycles. The first-order valence-electron chi connectivity index (χ1n) is 3.81. The Bertz CT molecular complexity index is 312. The Morgan fingerprint density at radius 3 is 2.36 bits per heavy atom. The average Bonchev–Trinajstić information content (AvgIpc) is 1.93. The SMILES string of the molecule is CC(C)(C)Oc1c[c-]c(Cl)nc1Cl.[Rb+]. The Hall–Kier alpha value is 1.34. The molecule has 0 fully saturated rings. The van der Waals surface area contributed by atoms with Crippen LogP contribution in [0.3, 0.4) is 0 Å². The van der Waals surface area contributed by atoms with E-state index in [1.54, 1.807) is 6.07 Å². The largest absolute Gasteiger partial charge is 1.00 e. The minimum Gasteiger partial charge on any atom is -0.572 e. The van der Waals surface area contributed by atoms with Gasteiger partial charge in [0.25, 0.3) is 0 Å². The maximum atomic E-state index is 5.80.